The number of para-hydroxylation sites is 3. The fourth-order valence-electron chi connectivity index (χ4n) is 3.60. The van der Waals surface area contributed by atoms with Crippen LogP contribution >= 0.6 is 0 Å². The lowest BCUT2D eigenvalue weighted by Gasteiger charge is -2.36. The lowest BCUT2D eigenvalue weighted by atomic mass is 10.2. The normalized spacial score (nSPS) is 13.4. The van der Waals surface area contributed by atoms with Crippen LogP contribution in [-0.4, -0.2) is 50.0 Å². The van der Waals surface area contributed by atoms with E-state index in [1.807, 2.05) is 54.6 Å². The fraction of sp³-hybridized carbons (Fsp3) is 0.200. The van der Waals surface area contributed by atoms with Crippen molar-refractivity contribution in [3.63, 3.8) is 0 Å². The minimum atomic E-state index is -0.646. The van der Waals surface area contributed by atoms with Gasteiger partial charge in [-0.2, -0.15) is 0 Å². The maximum absolute atomic E-state index is 12.6. The van der Waals surface area contributed by atoms with Crippen molar-refractivity contribution in [3.05, 3.63) is 78.9 Å². The lowest BCUT2D eigenvalue weighted by molar-refractivity contribution is -0.143. The zero-order chi connectivity index (χ0) is 22.3. The van der Waals surface area contributed by atoms with Gasteiger partial charge in [0.05, 0.1) is 12.8 Å². The predicted molar refractivity (Wildman–Crippen MR) is 123 cm³/mol. The average Bonchev–Trinajstić information content (AvgIpc) is 2.85. The van der Waals surface area contributed by atoms with Gasteiger partial charge in [-0.3, -0.25) is 9.59 Å². The van der Waals surface area contributed by atoms with Crippen LogP contribution in [0.1, 0.15) is 0 Å². The summed E-state index contributed by atoms with van der Waals surface area (Å²) in [7, 11) is 1.64. The van der Waals surface area contributed by atoms with E-state index in [0.717, 1.165) is 17.2 Å². The van der Waals surface area contributed by atoms with Gasteiger partial charge in [0.25, 0.3) is 0 Å². The summed E-state index contributed by atoms with van der Waals surface area (Å²) >= 11 is 0. The number of piperazine rings is 1. The number of benzene rings is 3. The number of methoxy groups -OCH3 is 1. The van der Waals surface area contributed by atoms with E-state index in [1.54, 1.807) is 36.3 Å². The number of anilines is 2. The summed E-state index contributed by atoms with van der Waals surface area (Å²) < 4.78 is 11.2. The molecule has 4 rings (SSSR count). The van der Waals surface area contributed by atoms with Crippen LogP contribution in [-0.2, 0) is 9.59 Å². The fourth-order valence-corrected chi connectivity index (χ4v) is 3.60. The number of nitrogens with one attached hydrogen (secondary N) is 1. The molecule has 0 spiro atoms. The Balaban J connectivity index is 1.30. The molecule has 0 radical (unpaired) electrons. The molecule has 164 valence electrons. The zero-order valence-electron chi connectivity index (χ0n) is 17.9. The standard InChI is InChI=1S/C25H25N3O4/c1-31-23-10-6-5-9-22(23)27-15-17-28(18-16-27)25(30)24(29)26-19-11-13-21(14-12-19)32-20-7-3-2-4-8-20/h2-14H,15-18H2,1H3,(H,26,29). The van der Waals surface area contributed by atoms with E-state index in [2.05, 4.69) is 10.2 Å². The summed E-state index contributed by atoms with van der Waals surface area (Å²) in [4.78, 5) is 28.8. The van der Waals surface area contributed by atoms with E-state index in [1.165, 1.54) is 0 Å². The van der Waals surface area contributed by atoms with Crippen LogP contribution in [0.15, 0.2) is 78.9 Å². The van der Waals surface area contributed by atoms with Crippen LogP contribution in [0.2, 0.25) is 0 Å². The van der Waals surface area contributed by atoms with E-state index in [4.69, 9.17) is 9.47 Å². The molecule has 1 aliphatic rings. The molecule has 0 aromatic heterocycles. The molecule has 3 aromatic rings. The van der Waals surface area contributed by atoms with Crippen molar-refractivity contribution in [3.8, 4) is 17.2 Å². The average molecular weight is 431 g/mol. The zero-order valence-corrected chi connectivity index (χ0v) is 17.9. The number of ether oxygens (including phenoxy) is 2. The first-order valence-electron chi connectivity index (χ1n) is 10.5. The minimum absolute atomic E-state index is 0.466. The summed E-state index contributed by atoms with van der Waals surface area (Å²) in [5.74, 6) is 0.992. The summed E-state index contributed by atoms with van der Waals surface area (Å²) in [5, 5.41) is 2.67. The van der Waals surface area contributed by atoms with E-state index in [0.29, 0.717) is 37.6 Å². The van der Waals surface area contributed by atoms with E-state index < -0.39 is 11.8 Å². The number of amides is 2. The van der Waals surface area contributed by atoms with Crippen LogP contribution < -0.4 is 19.7 Å². The van der Waals surface area contributed by atoms with Crippen molar-refractivity contribution < 1.29 is 19.1 Å². The highest BCUT2D eigenvalue weighted by atomic mass is 16.5. The molecular formula is C25H25N3O4. The molecule has 0 atom stereocenters. The Bertz CT molecular complexity index is 1060. The first kappa shape index (κ1) is 21.2. The van der Waals surface area contributed by atoms with E-state index in [-0.39, 0.29) is 0 Å². The number of rotatable bonds is 5. The first-order valence-corrected chi connectivity index (χ1v) is 10.5. The third kappa shape index (κ3) is 5.00. The third-order valence-corrected chi connectivity index (χ3v) is 5.28. The molecule has 1 fully saturated rings. The maximum Gasteiger partial charge on any atom is 0.313 e. The van der Waals surface area contributed by atoms with Gasteiger partial charge in [0.15, 0.2) is 0 Å². The smallest absolute Gasteiger partial charge is 0.313 e. The van der Waals surface area contributed by atoms with Gasteiger partial charge in [0.1, 0.15) is 17.2 Å². The van der Waals surface area contributed by atoms with E-state index >= 15 is 0 Å². The van der Waals surface area contributed by atoms with Gasteiger partial charge >= 0.3 is 11.8 Å². The molecule has 1 heterocycles. The molecule has 7 heteroatoms. The number of hydrogen-bond acceptors (Lipinski definition) is 5. The van der Waals surface area contributed by atoms with Crippen molar-refractivity contribution in [2.45, 2.75) is 0 Å². The minimum Gasteiger partial charge on any atom is -0.495 e. The Kier molecular flexibility index (Phi) is 6.55. The highest BCUT2D eigenvalue weighted by molar-refractivity contribution is 6.39. The Morgan fingerprint density at radius 3 is 2.09 bits per heavy atom. The Labute approximate surface area is 187 Å². The van der Waals surface area contributed by atoms with Crippen LogP contribution in [0.4, 0.5) is 11.4 Å². The molecule has 1 saturated heterocycles. The van der Waals surface area contributed by atoms with Crippen LogP contribution in [0.3, 0.4) is 0 Å². The Morgan fingerprint density at radius 1 is 0.781 bits per heavy atom. The SMILES string of the molecule is COc1ccccc1N1CCN(C(=O)C(=O)Nc2ccc(Oc3ccccc3)cc2)CC1. The second-order valence-electron chi connectivity index (χ2n) is 7.34. The maximum atomic E-state index is 12.6. The summed E-state index contributed by atoms with van der Waals surface area (Å²) in [6.45, 7) is 2.19. The molecule has 0 unspecified atom stereocenters. The highest BCUT2D eigenvalue weighted by Gasteiger charge is 2.27. The van der Waals surface area contributed by atoms with Gasteiger partial charge in [-0.1, -0.05) is 30.3 Å². The molecule has 1 aliphatic heterocycles. The largest absolute Gasteiger partial charge is 0.495 e. The van der Waals surface area contributed by atoms with E-state index in [9.17, 15) is 9.59 Å². The monoisotopic (exact) mass is 431 g/mol. The number of carbonyl (C=O) groups is 2. The number of carbonyl (C=O) groups excluding carboxylic acids is 2. The molecule has 0 aliphatic carbocycles. The summed E-state index contributed by atoms with van der Waals surface area (Å²) in [6.07, 6.45) is 0. The number of hydrogen-bond donors (Lipinski definition) is 1. The van der Waals surface area contributed by atoms with Gasteiger partial charge < -0.3 is 24.6 Å². The predicted octanol–water partition coefficient (Wildman–Crippen LogP) is 3.77. The van der Waals surface area contributed by atoms with Crippen molar-refractivity contribution in [2.75, 3.05) is 43.5 Å². The quantitative estimate of drug-likeness (QED) is 0.623. The molecule has 2 amide bonds. The second kappa shape index (κ2) is 9.87. The van der Waals surface area contributed by atoms with Gasteiger partial charge in [0, 0.05) is 31.9 Å². The molecule has 7 nitrogen and oxygen atoms in total. The lowest BCUT2D eigenvalue weighted by Crippen LogP contribution is -2.51. The van der Waals surface area contributed by atoms with Crippen molar-refractivity contribution in [1.29, 1.82) is 0 Å². The van der Waals surface area contributed by atoms with Crippen LogP contribution in [0.5, 0.6) is 17.2 Å². The topological polar surface area (TPSA) is 71.1 Å². The van der Waals surface area contributed by atoms with Gasteiger partial charge in [-0.05, 0) is 48.5 Å². The molecule has 1 N–H and O–H groups in total. The Hall–Kier alpha value is -4.00. The van der Waals surface area contributed by atoms with Crippen LogP contribution in [0.25, 0.3) is 0 Å². The molecule has 3 aromatic carbocycles. The summed E-state index contributed by atoms with van der Waals surface area (Å²) in [5.41, 5.74) is 1.53. The molecule has 0 saturated carbocycles. The van der Waals surface area contributed by atoms with Crippen molar-refractivity contribution in [1.82, 2.24) is 4.90 Å². The molecule has 0 bridgehead atoms. The van der Waals surface area contributed by atoms with Gasteiger partial charge in [0.2, 0.25) is 0 Å². The first-order chi connectivity index (χ1) is 15.6. The van der Waals surface area contributed by atoms with Crippen molar-refractivity contribution >= 4 is 23.2 Å². The van der Waals surface area contributed by atoms with Crippen LogP contribution in [0, 0.1) is 0 Å². The summed E-state index contributed by atoms with van der Waals surface area (Å²) in [6, 6.07) is 24.1. The molecule has 32 heavy (non-hydrogen) atoms. The molecular weight excluding hydrogens is 406 g/mol. The van der Waals surface area contributed by atoms with Gasteiger partial charge in [-0.15, -0.1) is 0 Å². The Morgan fingerprint density at radius 2 is 1.41 bits per heavy atom. The van der Waals surface area contributed by atoms with Crippen molar-refractivity contribution in [2.24, 2.45) is 0 Å². The number of nitrogens with zero attached hydrogens (tertiary/aromatic N) is 2. The second-order valence-corrected chi connectivity index (χ2v) is 7.34. The van der Waals surface area contributed by atoms with Gasteiger partial charge in [-0.25, -0.2) is 0 Å². The highest BCUT2D eigenvalue weighted by Crippen LogP contribution is 2.28. The third-order valence-electron chi connectivity index (χ3n) is 5.28.